The van der Waals surface area contributed by atoms with E-state index in [2.05, 4.69) is 40.9 Å². The van der Waals surface area contributed by atoms with Gasteiger partial charge in [0.2, 0.25) is 5.56 Å². The highest BCUT2D eigenvalue weighted by molar-refractivity contribution is 5.87. The number of aliphatic hydroxyl groups is 1. The molecule has 4 aromatic rings. The maximum Gasteiger partial charge on any atom is 0.248 e. The Kier molecular flexibility index (Phi) is 8.99. The van der Waals surface area contributed by atoms with Gasteiger partial charge in [-0.3, -0.25) is 4.79 Å². The predicted octanol–water partition coefficient (Wildman–Crippen LogP) is 5.61. The van der Waals surface area contributed by atoms with Gasteiger partial charge < -0.3 is 30.6 Å². The molecule has 0 radical (unpaired) electrons. The molecular weight excluding hydrogens is 490 g/mol. The Morgan fingerprint density at radius 2 is 1.82 bits per heavy atom. The molecule has 0 bridgehead atoms. The third-order valence-corrected chi connectivity index (χ3v) is 6.46. The fourth-order valence-corrected chi connectivity index (χ4v) is 4.46. The lowest BCUT2D eigenvalue weighted by atomic mass is 10.0. The maximum atomic E-state index is 11.6. The zero-order chi connectivity index (χ0) is 27.8. The number of H-pyrrole nitrogens is 1. The highest BCUT2D eigenvalue weighted by atomic mass is 16.5. The number of pyridine rings is 1. The molecule has 0 saturated carbocycles. The molecule has 1 aromatic heterocycles. The molecule has 0 spiro atoms. The predicted molar refractivity (Wildman–Crippen MR) is 159 cm³/mol. The van der Waals surface area contributed by atoms with Crippen molar-refractivity contribution in [3.8, 4) is 11.5 Å². The molecule has 7 heteroatoms. The number of hydrogen-bond donors (Lipinski definition) is 5. The molecule has 0 amide bonds. The van der Waals surface area contributed by atoms with Crippen LogP contribution >= 0.6 is 0 Å². The standard InChI is InChI=1S/C32H33N3O4/c1-4-6-22(5-2)27-19-24(11-15-30(27)39-3)34-23-9-7-21(8-10-23)17-18-33-20-29(37)25-12-14-28(36)32-26(25)13-16-31(38)35-32/h4-16,19,29,33-34,36-37H,1-2,17-18,20H2,3H3,(H,35,38)/b22-6+. The van der Waals surface area contributed by atoms with Gasteiger partial charge in [0.25, 0.3) is 0 Å². The molecule has 4 rings (SSSR count). The molecule has 0 fully saturated rings. The van der Waals surface area contributed by atoms with Gasteiger partial charge in [-0.2, -0.15) is 0 Å². The summed E-state index contributed by atoms with van der Waals surface area (Å²) in [5, 5.41) is 28.1. The van der Waals surface area contributed by atoms with Crippen LogP contribution in [-0.2, 0) is 6.42 Å². The molecular formula is C32H33N3O4. The van der Waals surface area contributed by atoms with Crippen molar-refractivity contribution < 1.29 is 14.9 Å². The summed E-state index contributed by atoms with van der Waals surface area (Å²) in [6.45, 7) is 8.69. The quantitative estimate of drug-likeness (QED) is 0.122. The van der Waals surface area contributed by atoms with E-state index in [1.165, 1.54) is 12.1 Å². The van der Waals surface area contributed by atoms with Crippen LogP contribution in [-0.4, -0.2) is 35.4 Å². The van der Waals surface area contributed by atoms with Crippen LogP contribution in [0.3, 0.4) is 0 Å². The van der Waals surface area contributed by atoms with Crippen LogP contribution in [0, 0.1) is 0 Å². The molecule has 3 aromatic carbocycles. The third kappa shape index (κ3) is 6.65. The van der Waals surface area contributed by atoms with E-state index in [1.54, 1.807) is 31.4 Å². The van der Waals surface area contributed by atoms with Crippen molar-refractivity contribution in [2.75, 3.05) is 25.5 Å². The SMILES string of the molecule is C=C/C=C(\C=C)c1cc(Nc2ccc(CCNCC(O)c3ccc(O)c4[nH]c(=O)ccc34)cc2)ccc1OC. The zero-order valence-electron chi connectivity index (χ0n) is 21.9. The van der Waals surface area contributed by atoms with Gasteiger partial charge in [0.05, 0.1) is 18.7 Å². The molecule has 0 aliphatic carbocycles. The van der Waals surface area contributed by atoms with E-state index in [0.29, 0.717) is 29.6 Å². The molecule has 5 N–H and O–H groups in total. The first-order chi connectivity index (χ1) is 18.9. The number of aliphatic hydroxyl groups excluding tert-OH is 1. The lowest BCUT2D eigenvalue weighted by molar-refractivity contribution is 0.176. The van der Waals surface area contributed by atoms with E-state index < -0.39 is 6.10 Å². The first kappa shape index (κ1) is 27.4. The Morgan fingerprint density at radius 3 is 2.54 bits per heavy atom. The van der Waals surface area contributed by atoms with Crippen LogP contribution in [0.25, 0.3) is 16.5 Å². The number of fused-ring (bicyclic) bond motifs is 1. The van der Waals surface area contributed by atoms with Crippen molar-refractivity contribution in [1.82, 2.24) is 10.3 Å². The van der Waals surface area contributed by atoms with E-state index in [0.717, 1.165) is 40.2 Å². The normalized spacial score (nSPS) is 12.2. The number of aromatic hydroxyl groups is 1. The lowest BCUT2D eigenvalue weighted by Crippen LogP contribution is -2.24. The topological polar surface area (TPSA) is 107 Å². The van der Waals surface area contributed by atoms with Gasteiger partial charge in [-0.15, -0.1) is 0 Å². The van der Waals surface area contributed by atoms with Gasteiger partial charge in [0.15, 0.2) is 0 Å². The Balaban J connectivity index is 1.33. The summed E-state index contributed by atoms with van der Waals surface area (Å²) in [5.41, 5.74) is 5.56. The molecule has 1 heterocycles. The van der Waals surface area contributed by atoms with E-state index in [9.17, 15) is 15.0 Å². The summed E-state index contributed by atoms with van der Waals surface area (Å²) < 4.78 is 5.51. The van der Waals surface area contributed by atoms with Crippen LogP contribution < -0.4 is 20.9 Å². The second kappa shape index (κ2) is 12.8. The van der Waals surface area contributed by atoms with Crippen LogP contribution in [0.1, 0.15) is 22.8 Å². The highest BCUT2D eigenvalue weighted by Crippen LogP contribution is 2.31. The Bertz CT molecular complexity index is 1550. The average Bonchev–Trinajstić information content (AvgIpc) is 2.95. The van der Waals surface area contributed by atoms with Crippen molar-refractivity contribution in [3.63, 3.8) is 0 Å². The van der Waals surface area contributed by atoms with Gasteiger partial charge in [0, 0.05) is 34.9 Å². The number of phenolic OH excluding ortho intramolecular Hbond substituents is 1. The Hall–Kier alpha value is -4.59. The Morgan fingerprint density at radius 1 is 1.05 bits per heavy atom. The molecule has 1 atom stereocenters. The number of anilines is 2. The summed E-state index contributed by atoms with van der Waals surface area (Å²) in [6, 6.07) is 20.3. The van der Waals surface area contributed by atoms with E-state index in [4.69, 9.17) is 4.74 Å². The number of aromatic amines is 1. The van der Waals surface area contributed by atoms with Crippen LogP contribution in [0.15, 0.2) is 103 Å². The second-order valence-electron chi connectivity index (χ2n) is 9.05. The van der Waals surface area contributed by atoms with Gasteiger partial charge in [-0.05, 0) is 72.1 Å². The van der Waals surface area contributed by atoms with Gasteiger partial charge in [-0.25, -0.2) is 0 Å². The molecule has 0 aliphatic rings. The van der Waals surface area contributed by atoms with Crippen LogP contribution in [0.5, 0.6) is 11.5 Å². The largest absolute Gasteiger partial charge is 0.506 e. The van der Waals surface area contributed by atoms with Crippen LogP contribution in [0.2, 0.25) is 0 Å². The number of ether oxygens (including phenoxy) is 1. The first-order valence-electron chi connectivity index (χ1n) is 12.7. The van der Waals surface area contributed by atoms with E-state index in [-0.39, 0.29) is 11.3 Å². The van der Waals surface area contributed by atoms with Crippen molar-refractivity contribution in [2.24, 2.45) is 0 Å². The van der Waals surface area contributed by atoms with Gasteiger partial charge in [0.1, 0.15) is 11.5 Å². The van der Waals surface area contributed by atoms with E-state index in [1.807, 2.05) is 36.4 Å². The average molecular weight is 524 g/mol. The molecule has 39 heavy (non-hydrogen) atoms. The molecule has 0 saturated heterocycles. The van der Waals surface area contributed by atoms with Crippen molar-refractivity contribution in [3.05, 3.63) is 125 Å². The molecule has 7 nitrogen and oxygen atoms in total. The third-order valence-electron chi connectivity index (χ3n) is 6.46. The minimum atomic E-state index is -0.789. The summed E-state index contributed by atoms with van der Waals surface area (Å²) in [7, 11) is 1.65. The van der Waals surface area contributed by atoms with Gasteiger partial charge in [-0.1, -0.05) is 49.6 Å². The summed E-state index contributed by atoms with van der Waals surface area (Å²) in [5.74, 6) is 0.734. The first-order valence-corrected chi connectivity index (χ1v) is 12.7. The smallest absolute Gasteiger partial charge is 0.248 e. The monoisotopic (exact) mass is 523 g/mol. The zero-order valence-corrected chi connectivity index (χ0v) is 21.9. The maximum absolute atomic E-state index is 11.6. The molecule has 1 unspecified atom stereocenters. The van der Waals surface area contributed by atoms with Crippen molar-refractivity contribution >= 4 is 27.9 Å². The van der Waals surface area contributed by atoms with Crippen molar-refractivity contribution in [1.29, 1.82) is 0 Å². The molecule has 200 valence electrons. The number of rotatable bonds is 12. The van der Waals surface area contributed by atoms with E-state index >= 15 is 0 Å². The number of hydrogen-bond acceptors (Lipinski definition) is 6. The second-order valence-corrected chi connectivity index (χ2v) is 9.05. The fourth-order valence-electron chi connectivity index (χ4n) is 4.46. The van der Waals surface area contributed by atoms with Crippen molar-refractivity contribution in [2.45, 2.75) is 12.5 Å². The summed E-state index contributed by atoms with van der Waals surface area (Å²) >= 11 is 0. The summed E-state index contributed by atoms with van der Waals surface area (Å²) in [6.07, 6.45) is 5.40. The Labute approximate surface area is 227 Å². The highest BCUT2D eigenvalue weighted by Gasteiger charge is 2.14. The lowest BCUT2D eigenvalue weighted by Gasteiger charge is -2.15. The number of nitrogens with one attached hydrogen (secondary N) is 3. The number of benzene rings is 3. The van der Waals surface area contributed by atoms with Crippen LogP contribution in [0.4, 0.5) is 11.4 Å². The molecule has 0 aliphatic heterocycles. The summed E-state index contributed by atoms with van der Waals surface area (Å²) in [4.78, 5) is 14.2. The number of aromatic nitrogens is 1. The van der Waals surface area contributed by atoms with Gasteiger partial charge >= 0.3 is 0 Å². The minimum Gasteiger partial charge on any atom is -0.506 e. The fraction of sp³-hybridized carbons (Fsp3) is 0.156. The number of phenols is 1. The minimum absolute atomic E-state index is 0.0250. The number of allylic oxidation sites excluding steroid dienone is 4. The number of methoxy groups -OCH3 is 1.